The van der Waals surface area contributed by atoms with Crippen molar-refractivity contribution >= 4 is 29.3 Å². The fourth-order valence-corrected chi connectivity index (χ4v) is 4.08. The molecule has 2 aromatic carbocycles. The molecule has 0 aliphatic carbocycles. The fourth-order valence-electron chi connectivity index (χ4n) is 2.98. The second kappa shape index (κ2) is 9.94. The second-order valence-electron chi connectivity index (χ2n) is 6.90. The Morgan fingerprint density at radius 2 is 2.00 bits per heavy atom. The number of benzene rings is 2. The number of aromatic nitrogens is 3. The van der Waals surface area contributed by atoms with Gasteiger partial charge >= 0.3 is 0 Å². The van der Waals surface area contributed by atoms with Gasteiger partial charge in [0.2, 0.25) is 5.91 Å². The summed E-state index contributed by atoms with van der Waals surface area (Å²) in [5, 5.41) is 12.8. The zero-order valence-corrected chi connectivity index (χ0v) is 18.4. The lowest BCUT2D eigenvalue weighted by Crippen LogP contribution is -2.30. The molecule has 29 heavy (non-hydrogen) atoms. The summed E-state index contributed by atoms with van der Waals surface area (Å²) in [5.41, 5.74) is 3.11. The maximum atomic E-state index is 12.6. The minimum Gasteiger partial charge on any atom is -0.351 e. The molecule has 1 N–H and O–H groups in total. The Labute approximate surface area is 180 Å². The largest absolute Gasteiger partial charge is 0.351 e. The molecule has 152 valence electrons. The monoisotopic (exact) mass is 428 g/mol. The smallest absolute Gasteiger partial charge is 0.233 e. The van der Waals surface area contributed by atoms with E-state index in [1.807, 2.05) is 43.3 Å². The Morgan fingerprint density at radius 3 is 2.72 bits per heavy atom. The maximum Gasteiger partial charge on any atom is 0.233 e. The third-order valence-electron chi connectivity index (χ3n) is 4.50. The molecule has 1 atom stereocenters. The van der Waals surface area contributed by atoms with Crippen LogP contribution >= 0.6 is 23.4 Å². The van der Waals surface area contributed by atoms with Crippen molar-refractivity contribution in [2.24, 2.45) is 0 Å². The topological polar surface area (TPSA) is 59.8 Å². The van der Waals surface area contributed by atoms with Gasteiger partial charge < -0.3 is 9.88 Å². The number of amides is 1. The third kappa shape index (κ3) is 5.40. The Hall–Kier alpha value is -2.31. The Kier molecular flexibility index (Phi) is 7.34. The lowest BCUT2D eigenvalue weighted by Gasteiger charge is -2.14. The van der Waals surface area contributed by atoms with Gasteiger partial charge in [0.15, 0.2) is 11.0 Å². The number of carbonyl (C=O) groups excluding carboxylic acids is 1. The van der Waals surface area contributed by atoms with Crippen LogP contribution in [0.25, 0.3) is 11.4 Å². The molecule has 0 aliphatic heterocycles. The molecule has 0 radical (unpaired) electrons. The summed E-state index contributed by atoms with van der Waals surface area (Å²) >= 11 is 7.59. The highest BCUT2D eigenvalue weighted by atomic mass is 35.5. The summed E-state index contributed by atoms with van der Waals surface area (Å²) in [7, 11) is 0. The standard InChI is InChI=1S/C22H25ClN4OS/c1-4-12-27-20(17-10-7-8-15(2)13-17)25-26-22(27)29-16(3)21(28)24-14-18-9-5-6-11-19(18)23/h5-11,13,16H,4,12,14H2,1-3H3,(H,24,28). The van der Waals surface area contributed by atoms with E-state index in [0.717, 1.165) is 35.1 Å². The van der Waals surface area contributed by atoms with Crippen LogP contribution in [0, 0.1) is 6.92 Å². The van der Waals surface area contributed by atoms with Gasteiger partial charge in [-0.2, -0.15) is 0 Å². The third-order valence-corrected chi connectivity index (χ3v) is 5.95. The van der Waals surface area contributed by atoms with Crippen LogP contribution in [0.4, 0.5) is 0 Å². The predicted molar refractivity (Wildman–Crippen MR) is 119 cm³/mol. The van der Waals surface area contributed by atoms with Crippen LogP contribution in [0.1, 0.15) is 31.4 Å². The highest BCUT2D eigenvalue weighted by Crippen LogP contribution is 2.27. The summed E-state index contributed by atoms with van der Waals surface area (Å²) in [4.78, 5) is 12.6. The fraction of sp³-hybridized carbons (Fsp3) is 0.318. The van der Waals surface area contributed by atoms with Gasteiger partial charge in [-0.25, -0.2) is 0 Å². The van der Waals surface area contributed by atoms with Crippen LogP contribution in [-0.4, -0.2) is 25.9 Å². The van der Waals surface area contributed by atoms with Gasteiger partial charge in [-0.05, 0) is 38.0 Å². The summed E-state index contributed by atoms with van der Waals surface area (Å²) in [5.74, 6) is 0.778. The van der Waals surface area contributed by atoms with Crippen molar-refractivity contribution in [2.75, 3.05) is 0 Å². The molecular formula is C22H25ClN4OS. The molecule has 7 heteroatoms. The summed E-state index contributed by atoms with van der Waals surface area (Å²) < 4.78 is 2.09. The number of hydrogen-bond acceptors (Lipinski definition) is 4. The van der Waals surface area contributed by atoms with E-state index in [4.69, 9.17) is 11.6 Å². The van der Waals surface area contributed by atoms with Gasteiger partial charge in [0.25, 0.3) is 0 Å². The number of nitrogens with zero attached hydrogens (tertiary/aromatic N) is 3. The Morgan fingerprint density at radius 1 is 1.21 bits per heavy atom. The molecule has 3 rings (SSSR count). The molecule has 0 bridgehead atoms. The molecule has 1 amide bonds. The summed E-state index contributed by atoms with van der Waals surface area (Å²) in [6.45, 7) is 7.26. The molecule has 0 fully saturated rings. The normalized spacial score (nSPS) is 12.0. The minimum atomic E-state index is -0.303. The molecule has 1 unspecified atom stereocenters. The first-order chi connectivity index (χ1) is 14.0. The lowest BCUT2D eigenvalue weighted by molar-refractivity contribution is -0.120. The zero-order valence-electron chi connectivity index (χ0n) is 16.9. The van der Waals surface area contributed by atoms with Gasteiger partial charge in [0, 0.05) is 23.7 Å². The molecular weight excluding hydrogens is 404 g/mol. The van der Waals surface area contributed by atoms with E-state index in [1.54, 1.807) is 0 Å². The molecule has 5 nitrogen and oxygen atoms in total. The van der Waals surface area contributed by atoms with E-state index in [1.165, 1.54) is 17.3 Å². The Balaban J connectivity index is 1.71. The highest BCUT2D eigenvalue weighted by Gasteiger charge is 2.20. The minimum absolute atomic E-state index is 0.0573. The number of halogens is 1. The number of thioether (sulfide) groups is 1. The van der Waals surface area contributed by atoms with Crippen molar-refractivity contribution in [1.29, 1.82) is 0 Å². The Bertz CT molecular complexity index is 988. The number of nitrogens with one attached hydrogen (secondary N) is 1. The molecule has 0 saturated heterocycles. The van der Waals surface area contributed by atoms with Crippen LogP contribution in [0.5, 0.6) is 0 Å². The molecule has 1 aromatic heterocycles. The van der Waals surface area contributed by atoms with E-state index in [0.29, 0.717) is 11.6 Å². The predicted octanol–water partition coefficient (Wildman–Crippen LogP) is 5.11. The average Bonchev–Trinajstić information content (AvgIpc) is 3.09. The van der Waals surface area contributed by atoms with E-state index in [-0.39, 0.29) is 11.2 Å². The van der Waals surface area contributed by atoms with Crippen LogP contribution in [0.2, 0.25) is 5.02 Å². The first-order valence-corrected chi connectivity index (χ1v) is 10.9. The van der Waals surface area contributed by atoms with Crippen LogP contribution in [-0.2, 0) is 17.9 Å². The zero-order chi connectivity index (χ0) is 20.8. The quantitative estimate of drug-likeness (QED) is 0.506. The van der Waals surface area contributed by atoms with Gasteiger partial charge in [-0.1, -0.05) is 72.2 Å². The first kappa shape index (κ1) is 21.4. The van der Waals surface area contributed by atoms with Crippen molar-refractivity contribution in [3.05, 3.63) is 64.7 Å². The second-order valence-corrected chi connectivity index (χ2v) is 8.61. The van der Waals surface area contributed by atoms with Crippen molar-refractivity contribution < 1.29 is 4.79 Å². The average molecular weight is 429 g/mol. The van der Waals surface area contributed by atoms with Crippen LogP contribution < -0.4 is 5.32 Å². The lowest BCUT2D eigenvalue weighted by atomic mass is 10.1. The summed E-state index contributed by atoms with van der Waals surface area (Å²) in [6.07, 6.45) is 0.956. The van der Waals surface area contributed by atoms with E-state index < -0.39 is 0 Å². The molecule has 0 saturated carbocycles. The van der Waals surface area contributed by atoms with Crippen molar-refractivity contribution in [3.63, 3.8) is 0 Å². The van der Waals surface area contributed by atoms with Crippen molar-refractivity contribution in [3.8, 4) is 11.4 Å². The van der Waals surface area contributed by atoms with Crippen LogP contribution in [0.15, 0.2) is 53.7 Å². The van der Waals surface area contributed by atoms with Gasteiger partial charge in [0.05, 0.1) is 5.25 Å². The molecule has 3 aromatic rings. The van der Waals surface area contributed by atoms with Crippen molar-refractivity contribution in [1.82, 2.24) is 20.1 Å². The van der Waals surface area contributed by atoms with Gasteiger partial charge in [0.1, 0.15) is 0 Å². The van der Waals surface area contributed by atoms with Crippen molar-refractivity contribution in [2.45, 2.75) is 50.7 Å². The summed E-state index contributed by atoms with van der Waals surface area (Å²) in [6, 6.07) is 15.7. The first-order valence-electron chi connectivity index (χ1n) is 9.67. The highest BCUT2D eigenvalue weighted by molar-refractivity contribution is 8.00. The number of hydrogen-bond donors (Lipinski definition) is 1. The maximum absolute atomic E-state index is 12.6. The van der Waals surface area contributed by atoms with E-state index in [2.05, 4.69) is 46.1 Å². The van der Waals surface area contributed by atoms with Crippen LogP contribution in [0.3, 0.4) is 0 Å². The number of carbonyl (C=O) groups is 1. The number of rotatable bonds is 8. The van der Waals surface area contributed by atoms with E-state index >= 15 is 0 Å². The molecule has 0 aliphatic rings. The van der Waals surface area contributed by atoms with Gasteiger partial charge in [-0.15, -0.1) is 10.2 Å². The number of aryl methyl sites for hydroxylation is 1. The molecule has 1 heterocycles. The SMILES string of the molecule is CCCn1c(SC(C)C(=O)NCc2ccccc2Cl)nnc1-c1cccc(C)c1. The van der Waals surface area contributed by atoms with Gasteiger partial charge in [-0.3, -0.25) is 4.79 Å². The van der Waals surface area contributed by atoms with E-state index in [9.17, 15) is 4.79 Å². The molecule has 0 spiro atoms.